The molecule has 0 heterocycles. The normalized spacial score (nSPS) is 26.0. The summed E-state index contributed by atoms with van der Waals surface area (Å²) >= 11 is 0. The van der Waals surface area contributed by atoms with Gasteiger partial charge < -0.3 is 0 Å². The molecular formula is C16H28O4. The first-order valence-corrected chi connectivity index (χ1v) is 7.18. The SMILES string of the molecule is CC1C#CC(C)C(OOC(C)(C)C)(OOC(C)(C)C)C1. The van der Waals surface area contributed by atoms with Crippen molar-refractivity contribution in [2.75, 3.05) is 0 Å². The summed E-state index contributed by atoms with van der Waals surface area (Å²) in [5.74, 6) is 5.33. The van der Waals surface area contributed by atoms with Crippen molar-refractivity contribution in [1.82, 2.24) is 0 Å². The highest BCUT2D eigenvalue weighted by atomic mass is 17.3. The number of hydrogen-bond acceptors (Lipinski definition) is 4. The Labute approximate surface area is 123 Å². The van der Waals surface area contributed by atoms with Gasteiger partial charge in [0.1, 0.15) is 0 Å². The molecule has 2 atom stereocenters. The van der Waals surface area contributed by atoms with Crippen LogP contribution < -0.4 is 0 Å². The molecule has 116 valence electrons. The molecule has 4 nitrogen and oxygen atoms in total. The van der Waals surface area contributed by atoms with Gasteiger partial charge in [-0.25, -0.2) is 9.78 Å². The zero-order valence-electron chi connectivity index (χ0n) is 14.0. The highest BCUT2D eigenvalue weighted by Gasteiger charge is 2.46. The zero-order valence-corrected chi connectivity index (χ0v) is 14.0. The average Bonchev–Trinajstić information content (AvgIpc) is 2.27. The molecule has 0 amide bonds. The summed E-state index contributed by atoms with van der Waals surface area (Å²) in [5.41, 5.74) is -0.849. The topological polar surface area (TPSA) is 36.9 Å². The lowest BCUT2D eigenvalue weighted by Gasteiger charge is -2.39. The van der Waals surface area contributed by atoms with Gasteiger partial charge in [0.15, 0.2) is 0 Å². The summed E-state index contributed by atoms with van der Waals surface area (Å²) < 4.78 is 0. The van der Waals surface area contributed by atoms with E-state index >= 15 is 0 Å². The Kier molecular flexibility index (Phi) is 5.26. The van der Waals surface area contributed by atoms with E-state index in [1.54, 1.807) is 0 Å². The van der Waals surface area contributed by atoms with Gasteiger partial charge in [-0.2, -0.15) is 9.78 Å². The van der Waals surface area contributed by atoms with Gasteiger partial charge >= 0.3 is 0 Å². The summed E-state index contributed by atoms with van der Waals surface area (Å²) in [6, 6.07) is 0. The van der Waals surface area contributed by atoms with Crippen LogP contribution in [0.15, 0.2) is 0 Å². The van der Waals surface area contributed by atoms with Crippen molar-refractivity contribution in [3.63, 3.8) is 0 Å². The van der Waals surface area contributed by atoms with Gasteiger partial charge in [-0.1, -0.05) is 18.8 Å². The zero-order chi connectivity index (χ0) is 15.6. The third-order valence-corrected chi connectivity index (χ3v) is 2.66. The van der Waals surface area contributed by atoms with Crippen LogP contribution in [0.25, 0.3) is 0 Å². The smallest absolute Gasteiger partial charge is 0.228 e. The Balaban J connectivity index is 2.87. The summed E-state index contributed by atoms with van der Waals surface area (Å²) in [6.45, 7) is 15.5. The number of rotatable bonds is 4. The van der Waals surface area contributed by atoms with Crippen LogP contribution in [0.4, 0.5) is 0 Å². The van der Waals surface area contributed by atoms with E-state index in [1.165, 1.54) is 0 Å². The molecule has 0 radical (unpaired) electrons. The van der Waals surface area contributed by atoms with Crippen molar-refractivity contribution in [2.45, 2.75) is 78.8 Å². The maximum atomic E-state index is 5.66. The van der Waals surface area contributed by atoms with Crippen LogP contribution in [-0.4, -0.2) is 17.0 Å². The summed E-state index contributed by atoms with van der Waals surface area (Å²) in [4.78, 5) is 22.3. The van der Waals surface area contributed by atoms with Crippen molar-refractivity contribution in [3.8, 4) is 11.8 Å². The fourth-order valence-electron chi connectivity index (χ4n) is 1.65. The monoisotopic (exact) mass is 284 g/mol. The first-order valence-electron chi connectivity index (χ1n) is 7.18. The van der Waals surface area contributed by atoms with Crippen LogP contribution >= 0.6 is 0 Å². The van der Waals surface area contributed by atoms with E-state index < -0.39 is 17.0 Å². The van der Waals surface area contributed by atoms with Crippen LogP contribution in [0.3, 0.4) is 0 Å². The predicted octanol–water partition coefficient (Wildman–Crippen LogP) is 3.86. The summed E-state index contributed by atoms with van der Waals surface area (Å²) in [5, 5.41) is 0. The molecule has 0 aromatic carbocycles. The molecule has 0 spiro atoms. The van der Waals surface area contributed by atoms with Crippen LogP contribution in [-0.2, 0) is 19.6 Å². The van der Waals surface area contributed by atoms with Gasteiger partial charge in [-0.3, -0.25) is 0 Å². The molecule has 0 aromatic rings. The van der Waals surface area contributed by atoms with Crippen LogP contribution in [0.2, 0.25) is 0 Å². The van der Waals surface area contributed by atoms with E-state index in [0.717, 1.165) is 0 Å². The lowest BCUT2D eigenvalue weighted by Crippen LogP contribution is -2.48. The van der Waals surface area contributed by atoms with Crippen molar-refractivity contribution in [3.05, 3.63) is 0 Å². The van der Waals surface area contributed by atoms with Gasteiger partial charge in [0.05, 0.1) is 17.1 Å². The Hall–Kier alpha value is -0.600. The van der Waals surface area contributed by atoms with Crippen molar-refractivity contribution in [2.24, 2.45) is 11.8 Å². The van der Waals surface area contributed by atoms with Crippen molar-refractivity contribution in [1.29, 1.82) is 0 Å². The van der Waals surface area contributed by atoms with Crippen LogP contribution in [0.5, 0.6) is 0 Å². The second-order valence-corrected chi connectivity index (χ2v) is 7.49. The van der Waals surface area contributed by atoms with E-state index in [9.17, 15) is 0 Å². The quantitative estimate of drug-likeness (QED) is 0.340. The summed E-state index contributed by atoms with van der Waals surface area (Å²) in [7, 11) is 0. The maximum absolute atomic E-state index is 5.66. The van der Waals surface area contributed by atoms with Gasteiger partial charge in [-0.15, -0.1) is 0 Å². The van der Waals surface area contributed by atoms with E-state index in [1.807, 2.05) is 55.4 Å². The van der Waals surface area contributed by atoms with E-state index in [2.05, 4.69) is 11.8 Å². The first kappa shape index (κ1) is 17.5. The molecule has 1 aliphatic carbocycles. The van der Waals surface area contributed by atoms with E-state index in [-0.39, 0.29) is 11.8 Å². The van der Waals surface area contributed by atoms with Gasteiger partial charge in [0.2, 0.25) is 5.79 Å². The van der Waals surface area contributed by atoms with Crippen LogP contribution in [0.1, 0.15) is 61.8 Å². The predicted molar refractivity (Wildman–Crippen MR) is 77.3 cm³/mol. The first-order chi connectivity index (χ1) is 8.94. The van der Waals surface area contributed by atoms with E-state index in [0.29, 0.717) is 6.42 Å². The minimum atomic E-state index is -0.995. The largest absolute Gasteiger partial charge is 0.248 e. The highest BCUT2D eigenvalue weighted by molar-refractivity contribution is 5.14. The lowest BCUT2D eigenvalue weighted by molar-refractivity contribution is -0.550. The van der Waals surface area contributed by atoms with Gasteiger partial charge in [0, 0.05) is 12.3 Å². The second kappa shape index (κ2) is 6.03. The molecule has 0 fully saturated rings. The Morgan fingerprint density at radius 3 is 1.70 bits per heavy atom. The minimum Gasteiger partial charge on any atom is -0.228 e. The van der Waals surface area contributed by atoms with E-state index in [4.69, 9.17) is 19.6 Å². The highest BCUT2D eigenvalue weighted by Crippen LogP contribution is 2.36. The van der Waals surface area contributed by atoms with Gasteiger partial charge in [0.25, 0.3) is 0 Å². The standard InChI is InChI=1S/C16H28O4/c1-12-9-10-13(2)16(11-12,19-17-14(3,4)5)20-18-15(6,7)8/h12-13H,11H2,1-8H3. The molecule has 1 aliphatic rings. The molecule has 1 rings (SSSR count). The Morgan fingerprint density at radius 1 is 0.850 bits per heavy atom. The molecular weight excluding hydrogens is 256 g/mol. The van der Waals surface area contributed by atoms with Crippen molar-refractivity contribution >= 4 is 0 Å². The van der Waals surface area contributed by atoms with Crippen molar-refractivity contribution < 1.29 is 19.6 Å². The molecule has 20 heavy (non-hydrogen) atoms. The fraction of sp³-hybridized carbons (Fsp3) is 0.875. The molecule has 0 aromatic heterocycles. The minimum absolute atomic E-state index is 0.136. The number of hydrogen-bond donors (Lipinski definition) is 0. The Bertz CT molecular complexity index is 360. The molecule has 0 aliphatic heterocycles. The molecule has 0 N–H and O–H groups in total. The lowest BCUT2D eigenvalue weighted by atomic mass is 9.87. The molecule has 0 saturated heterocycles. The summed E-state index contributed by atoms with van der Waals surface area (Å²) in [6.07, 6.45) is 0.604. The maximum Gasteiger partial charge on any atom is 0.248 e. The third-order valence-electron chi connectivity index (χ3n) is 2.66. The Morgan fingerprint density at radius 2 is 1.30 bits per heavy atom. The molecule has 0 bridgehead atoms. The fourth-order valence-corrected chi connectivity index (χ4v) is 1.65. The second-order valence-electron chi connectivity index (χ2n) is 7.49. The van der Waals surface area contributed by atoms with Gasteiger partial charge in [-0.05, 0) is 48.5 Å². The molecule has 2 unspecified atom stereocenters. The third kappa shape index (κ3) is 5.41. The molecule has 4 heteroatoms. The average molecular weight is 284 g/mol. The van der Waals surface area contributed by atoms with Crippen LogP contribution in [0, 0.1) is 23.7 Å². The molecule has 0 saturated carbocycles.